The molecule has 0 bridgehead atoms. The molecule has 128 valence electrons. The highest BCUT2D eigenvalue weighted by atomic mass is 35.5. The van der Waals surface area contributed by atoms with Crippen molar-refractivity contribution in [3.63, 3.8) is 0 Å². The minimum atomic E-state index is -4.73. The number of thiophene rings is 1. The topological polar surface area (TPSA) is 78.5 Å². The van der Waals surface area contributed by atoms with E-state index in [1.54, 1.807) is 12.1 Å². The molecule has 10 heteroatoms. The fraction of sp³-hybridized carbons (Fsp3) is 0.0714. The zero-order valence-corrected chi connectivity index (χ0v) is 14.1. The van der Waals surface area contributed by atoms with Gasteiger partial charge in [-0.3, -0.25) is 4.21 Å². The lowest BCUT2D eigenvalue weighted by atomic mass is 10.2. The number of rotatable bonds is 4. The van der Waals surface area contributed by atoms with Crippen molar-refractivity contribution in [2.75, 3.05) is 0 Å². The molecule has 0 spiro atoms. The molecule has 4 nitrogen and oxygen atoms in total. The SMILES string of the molecule is N/C(=C\C(=Nc1ccccc1Cl)c1ccc(S(=O)[O-])s1)C(F)(F)F. The second kappa shape index (κ2) is 7.47. The van der Waals surface area contributed by atoms with Gasteiger partial charge in [-0.2, -0.15) is 13.2 Å². The van der Waals surface area contributed by atoms with Gasteiger partial charge in [0.05, 0.1) is 25.5 Å². The van der Waals surface area contributed by atoms with Gasteiger partial charge >= 0.3 is 6.18 Å². The first kappa shape index (κ1) is 18.7. The molecule has 1 atom stereocenters. The summed E-state index contributed by atoms with van der Waals surface area (Å²) in [7, 11) is 0. The maximum atomic E-state index is 12.7. The van der Waals surface area contributed by atoms with E-state index in [2.05, 4.69) is 4.99 Å². The average molecular weight is 394 g/mol. The number of hydrogen-bond donors (Lipinski definition) is 1. The highest BCUT2D eigenvalue weighted by molar-refractivity contribution is 7.81. The predicted octanol–water partition coefficient (Wildman–Crippen LogP) is 4.17. The molecular weight excluding hydrogens is 385 g/mol. The van der Waals surface area contributed by atoms with Crippen LogP contribution in [0.25, 0.3) is 0 Å². The maximum absolute atomic E-state index is 12.7. The molecule has 1 aromatic carbocycles. The smallest absolute Gasteiger partial charge is 0.430 e. The largest absolute Gasteiger partial charge is 0.768 e. The van der Waals surface area contributed by atoms with Crippen molar-refractivity contribution in [2.45, 2.75) is 10.4 Å². The van der Waals surface area contributed by atoms with Crippen molar-refractivity contribution in [3.8, 4) is 0 Å². The fourth-order valence-corrected chi connectivity index (χ4v) is 3.20. The molecule has 0 saturated carbocycles. The molecule has 1 aromatic heterocycles. The number of benzene rings is 1. The lowest BCUT2D eigenvalue weighted by Gasteiger charge is -2.08. The molecule has 0 aliphatic heterocycles. The first-order valence-electron chi connectivity index (χ1n) is 6.25. The van der Waals surface area contributed by atoms with Gasteiger partial charge in [-0.05, 0) is 41.4 Å². The zero-order chi connectivity index (χ0) is 17.9. The number of halogens is 4. The van der Waals surface area contributed by atoms with Crippen LogP contribution in [0.5, 0.6) is 0 Å². The molecule has 0 saturated heterocycles. The zero-order valence-electron chi connectivity index (χ0n) is 11.7. The van der Waals surface area contributed by atoms with Crippen LogP contribution < -0.4 is 5.73 Å². The van der Waals surface area contributed by atoms with E-state index < -0.39 is 23.0 Å². The Kier molecular flexibility index (Phi) is 5.81. The summed E-state index contributed by atoms with van der Waals surface area (Å²) < 4.78 is 60.0. The van der Waals surface area contributed by atoms with Crippen LogP contribution in [0.4, 0.5) is 18.9 Å². The number of alkyl halides is 3. The minimum absolute atomic E-state index is 0.0316. The Morgan fingerprint density at radius 3 is 2.50 bits per heavy atom. The Balaban J connectivity index is 2.57. The molecule has 1 heterocycles. The molecular formula is C14H9ClF3N2O2S2-. The van der Waals surface area contributed by atoms with Crippen LogP contribution in [-0.2, 0) is 11.1 Å². The van der Waals surface area contributed by atoms with Crippen LogP contribution in [0.1, 0.15) is 4.88 Å². The quantitative estimate of drug-likeness (QED) is 0.625. The summed E-state index contributed by atoms with van der Waals surface area (Å²) in [5.41, 5.74) is 3.79. The van der Waals surface area contributed by atoms with Gasteiger partial charge in [-0.25, -0.2) is 4.99 Å². The summed E-state index contributed by atoms with van der Waals surface area (Å²) in [6.45, 7) is 0. The first-order valence-corrected chi connectivity index (χ1v) is 8.52. The van der Waals surface area contributed by atoms with Crippen molar-refractivity contribution in [2.24, 2.45) is 10.7 Å². The van der Waals surface area contributed by atoms with Crippen LogP contribution in [0.3, 0.4) is 0 Å². The van der Waals surface area contributed by atoms with E-state index in [1.807, 2.05) is 0 Å². The van der Waals surface area contributed by atoms with Crippen molar-refractivity contribution in [3.05, 3.63) is 58.1 Å². The third-order valence-corrected chi connectivity index (χ3v) is 5.06. The number of nitrogens with two attached hydrogens (primary N) is 1. The van der Waals surface area contributed by atoms with Crippen molar-refractivity contribution >= 4 is 45.4 Å². The monoisotopic (exact) mass is 393 g/mol. The Morgan fingerprint density at radius 2 is 1.96 bits per heavy atom. The molecule has 2 rings (SSSR count). The standard InChI is InChI=1S/C14H10ClF3N2O2S2/c15-8-3-1-2-4-9(8)20-10(7-12(19)14(16,17)18)11-5-6-13(23-11)24(21)22/h1-7H,19H2,(H,21,22)/p-1/b12-7-,20-10?. The van der Waals surface area contributed by atoms with Gasteiger partial charge in [-0.15, -0.1) is 11.3 Å². The van der Waals surface area contributed by atoms with Gasteiger partial charge in [0, 0.05) is 0 Å². The molecule has 0 radical (unpaired) electrons. The number of allylic oxidation sites excluding steroid dienone is 2. The number of nitrogens with zero attached hydrogens (tertiary/aromatic N) is 1. The molecule has 0 aliphatic rings. The second-order valence-electron chi connectivity index (χ2n) is 4.40. The van der Waals surface area contributed by atoms with Gasteiger partial charge in [0.15, 0.2) is 0 Å². The molecule has 0 amide bonds. The van der Waals surface area contributed by atoms with Crippen molar-refractivity contribution < 1.29 is 21.9 Å². The fourth-order valence-electron chi connectivity index (χ4n) is 1.61. The molecule has 24 heavy (non-hydrogen) atoms. The van der Waals surface area contributed by atoms with Crippen LogP contribution >= 0.6 is 22.9 Å². The Morgan fingerprint density at radius 1 is 1.29 bits per heavy atom. The van der Waals surface area contributed by atoms with Crippen LogP contribution in [0.2, 0.25) is 5.02 Å². The lowest BCUT2D eigenvalue weighted by molar-refractivity contribution is -0.0925. The van der Waals surface area contributed by atoms with Gasteiger partial charge in [0.1, 0.15) is 5.70 Å². The third kappa shape index (κ3) is 4.67. The average Bonchev–Trinajstić information content (AvgIpc) is 2.97. The van der Waals surface area contributed by atoms with Gasteiger partial charge in [0.2, 0.25) is 0 Å². The minimum Gasteiger partial charge on any atom is -0.768 e. The molecule has 2 aromatic rings. The normalized spacial score (nSPS) is 14.7. The van der Waals surface area contributed by atoms with Gasteiger partial charge in [-0.1, -0.05) is 23.7 Å². The van der Waals surface area contributed by atoms with E-state index in [0.717, 1.165) is 11.3 Å². The molecule has 2 N–H and O–H groups in total. The van der Waals surface area contributed by atoms with Crippen molar-refractivity contribution in [1.29, 1.82) is 0 Å². The second-order valence-corrected chi connectivity index (χ2v) is 7.06. The van der Waals surface area contributed by atoms with E-state index in [9.17, 15) is 21.9 Å². The highest BCUT2D eigenvalue weighted by Gasteiger charge is 2.32. The van der Waals surface area contributed by atoms with E-state index in [1.165, 1.54) is 24.3 Å². The van der Waals surface area contributed by atoms with E-state index in [0.29, 0.717) is 6.08 Å². The van der Waals surface area contributed by atoms with Crippen molar-refractivity contribution in [1.82, 2.24) is 0 Å². The van der Waals surface area contributed by atoms with E-state index in [4.69, 9.17) is 17.3 Å². The Hall–Kier alpha value is -1.68. The Bertz CT molecular complexity index is 831. The van der Waals surface area contributed by atoms with Crippen LogP contribution in [0.15, 0.2) is 57.4 Å². The molecule has 1 unspecified atom stereocenters. The molecule has 0 aliphatic carbocycles. The lowest BCUT2D eigenvalue weighted by Crippen LogP contribution is -2.20. The summed E-state index contributed by atoms with van der Waals surface area (Å²) in [6, 6.07) is 8.92. The van der Waals surface area contributed by atoms with Crippen LogP contribution in [-0.4, -0.2) is 20.6 Å². The van der Waals surface area contributed by atoms with E-state index >= 15 is 0 Å². The summed E-state index contributed by atoms with van der Waals surface area (Å²) in [5, 5.41) is 0.234. The number of hydrogen-bond acceptors (Lipinski definition) is 5. The van der Waals surface area contributed by atoms with Gasteiger partial charge in [0.25, 0.3) is 0 Å². The third-order valence-electron chi connectivity index (χ3n) is 2.71. The first-order chi connectivity index (χ1) is 11.2. The Labute approximate surface area is 146 Å². The highest BCUT2D eigenvalue weighted by Crippen LogP contribution is 2.29. The maximum Gasteiger partial charge on any atom is 0.430 e. The summed E-state index contributed by atoms with van der Waals surface area (Å²) >= 11 is 4.24. The van der Waals surface area contributed by atoms with Crippen LogP contribution in [0, 0.1) is 0 Å². The summed E-state index contributed by atoms with van der Waals surface area (Å²) in [6.07, 6.45) is -4.09. The van der Waals surface area contributed by atoms with E-state index in [-0.39, 0.29) is 25.5 Å². The van der Waals surface area contributed by atoms with Gasteiger partial charge < -0.3 is 10.3 Å². The number of aliphatic imine (C=N–C) groups is 1. The predicted molar refractivity (Wildman–Crippen MR) is 87.5 cm³/mol. The summed E-state index contributed by atoms with van der Waals surface area (Å²) in [5.74, 6) is 0. The molecule has 0 fully saturated rings. The summed E-state index contributed by atoms with van der Waals surface area (Å²) in [4.78, 5) is 4.30. The number of para-hydroxylation sites is 1.